The summed E-state index contributed by atoms with van der Waals surface area (Å²) in [5, 5.41) is 10.9. The van der Waals surface area contributed by atoms with E-state index in [2.05, 4.69) is 6.07 Å². The molecule has 0 radical (unpaired) electrons. The van der Waals surface area contributed by atoms with Crippen molar-refractivity contribution in [2.45, 2.75) is 19.3 Å². The van der Waals surface area contributed by atoms with Crippen molar-refractivity contribution in [2.24, 2.45) is 5.41 Å². The van der Waals surface area contributed by atoms with Gasteiger partial charge in [0.25, 0.3) is 0 Å². The topological polar surface area (TPSA) is 23.8 Å². The van der Waals surface area contributed by atoms with Gasteiger partial charge in [0.1, 0.15) is 0 Å². The molecule has 0 atom stereocenters. The zero-order valence-electron chi connectivity index (χ0n) is 6.51. The minimum Gasteiger partial charge on any atom is -0.198 e. The summed E-state index contributed by atoms with van der Waals surface area (Å²) >= 11 is 7.33. The Kier molecular flexibility index (Phi) is 1.86. The molecule has 0 spiro atoms. The van der Waals surface area contributed by atoms with Crippen LogP contribution in [0.4, 0.5) is 0 Å². The highest BCUT2D eigenvalue weighted by molar-refractivity contribution is 7.14. The molecule has 0 saturated heterocycles. The molecule has 2 rings (SSSR count). The molecule has 1 aliphatic carbocycles. The van der Waals surface area contributed by atoms with Crippen molar-refractivity contribution in [3.8, 4) is 6.07 Å². The maximum atomic E-state index is 8.85. The highest BCUT2D eigenvalue weighted by Gasteiger charge is 2.43. The van der Waals surface area contributed by atoms with E-state index in [1.807, 2.05) is 11.4 Å². The minimum absolute atomic E-state index is 0.0373. The van der Waals surface area contributed by atoms with Crippen molar-refractivity contribution in [1.82, 2.24) is 0 Å². The Morgan fingerprint density at radius 2 is 2.42 bits per heavy atom. The van der Waals surface area contributed by atoms with Gasteiger partial charge in [-0.3, -0.25) is 0 Å². The van der Waals surface area contributed by atoms with E-state index in [4.69, 9.17) is 16.9 Å². The minimum atomic E-state index is -0.0373. The van der Waals surface area contributed by atoms with Gasteiger partial charge < -0.3 is 0 Å². The van der Waals surface area contributed by atoms with Crippen LogP contribution >= 0.6 is 22.9 Å². The molecule has 1 nitrogen and oxygen atoms in total. The Hall–Kier alpha value is -0.520. The number of rotatable bonds is 2. The van der Waals surface area contributed by atoms with Crippen LogP contribution in [-0.4, -0.2) is 0 Å². The molecule has 0 N–H and O–H groups in total. The van der Waals surface area contributed by atoms with Gasteiger partial charge in [-0.15, -0.1) is 11.3 Å². The lowest BCUT2D eigenvalue weighted by Crippen LogP contribution is -1.99. The van der Waals surface area contributed by atoms with E-state index >= 15 is 0 Å². The van der Waals surface area contributed by atoms with Gasteiger partial charge in [0.15, 0.2) is 0 Å². The molecule has 1 aromatic heterocycles. The fraction of sp³-hybridized carbons (Fsp3) is 0.444. The fourth-order valence-corrected chi connectivity index (χ4v) is 2.22. The number of hydrogen-bond donors (Lipinski definition) is 0. The van der Waals surface area contributed by atoms with E-state index in [0.29, 0.717) is 0 Å². The third-order valence-electron chi connectivity index (χ3n) is 2.25. The van der Waals surface area contributed by atoms with Crippen molar-refractivity contribution < 1.29 is 0 Å². The maximum absolute atomic E-state index is 8.85. The lowest BCUT2D eigenvalue weighted by molar-refractivity contribution is 0.666. The third-order valence-corrected chi connectivity index (χ3v) is 3.39. The molecule has 12 heavy (non-hydrogen) atoms. The van der Waals surface area contributed by atoms with E-state index in [-0.39, 0.29) is 5.41 Å². The SMILES string of the molecule is N#CC1(Cc2csc(Cl)c2)CC1. The van der Waals surface area contributed by atoms with Crippen LogP contribution in [0, 0.1) is 16.7 Å². The molecule has 3 heteroatoms. The zero-order chi connectivity index (χ0) is 8.60. The lowest BCUT2D eigenvalue weighted by atomic mass is 10.0. The van der Waals surface area contributed by atoms with E-state index in [1.54, 1.807) is 0 Å². The molecule has 1 fully saturated rings. The number of nitrogens with zero attached hydrogens (tertiary/aromatic N) is 1. The molecule has 0 aliphatic heterocycles. The molecule has 1 aromatic rings. The highest BCUT2D eigenvalue weighted by Crippen LogP contribution is 2.48. The molecule has 0 unspecified atom stereocenters. The van der Waals surface area contributed by atoms with Crippen molar-refractivity contribution in [3.63, 3.8) is 0 Å². The van der Waals surface area contributed by atoms with Gasteiger partial charge in [-0.05, 0) is 36.3 Å². The quantitative estimate of drug-likeness (QED) is 0.714. The Labute approximate surface area is 80.6 Å². The summed E-state index contributed by atoms with van der Waals surface area (Å²) in [5.74, 6) is 0. The smallest absolute Gasteiger partial charge is 0.0931 e. The number of nitriles is 1. The van der Waals surface area contributed by atoms with Gasteiger partial charge >= 0.3 is 0 Å². The van der Waals surface area contributed by atoms with Gasteiger partial charge in [-0.2, -0.15) is 5.26 Å². The van der Waals surface area contributed by atoms with Crippen LogP contribution < -0.4 is 0 Å². The second kappa shape index (κ2) is 2.76. The van der Waals surface area contributed by atoms with E-state index in [9.17, 15) is 0 Å². The van der Waals surface area contributed by atoms with Crippen molar-refractivity contribution in [3.05, 3.63) is 21.3 Å². The summed E-state index contributed by atoms with van der Waals surface area (Å²) < 4.78 is 0.818. The van der Waals surface area contributed by atoms with Crippen molar-refractivity contribution in [2.75, 3.05) is 0 Å². The molecule has 1 heterocycles. The summed E-state index contributed by atoms with van der Waals surface area (Å²) in [6, 6.07) is 4.33. The summed E-state index contributed by atoms with van der Waals surface area (Å²) in [6.07, 6.45) is 2.99. The predicted octanol–water partition coefficient (Wildman–Crippen LogP) is 3.25. The third kappa shape index (κ3) is 1.48. The van der Waals surface area contributed by atoms with Crippen LogP contribution in [0.2, 0.25) is 4.34 Å². The molecular weight excluding hydrogens is 190 g/mol. The summed E-state index contributed by atoms with van der Waals surface area (Å²) in [5.41, 5.74) is 1.17. The van der Waals surface area contributed by atoms with Crippen LogP contribution in [0.1, 0.15) is 18.4 Å². The first-order valence-electron chi connectivity index (χ1n) is 3.88. The number of thiophene rings is 1. The second-order valence-corrected chi connectivity index (χ2v) is 4.87. The average Bonchev–Trinajstić information content (AvgIpc) is 2.71. The van der Waals surface area contributed by atoms with Crippen LogP contribution in [0.3, 0.4) is 0 Å². The average molecular weight is 198 g/mol. The first-order chi connectivity index (χ1) is 5.74. The summed E-state index contributed by atoms with van der Waals surface area (Å²) in [6.45, 7) is 0. The predicted molar refractivity (Wildman–Crippen MR) is 50.3 cm³/mol. The molecular formula is C9H8ClNS. The first-order valence-corrected chi connectivity index (χ1v) is 5.14. The molecule has 0 amide bonds. The highest BCUT2D eigenvalue weighted by atomic mass is 35.5. The van der Waals surface area contributed by atoms with Gasteiger partial charge in [-0.25, -0.2) is 0 Å². The lowest BCUT2D eigenvalue weighted by Gasteiger charge is -2.00. The van der Waals surface area contributed by atoms with Crippen LogP contribution in [-0.2, 0) is 6.42 Å². The van der Waals surface area contributed by atoms with Crippen LogP contribution in [0.5, 0.6) is 0 Å². The normalized spacial score (nSPS) is 18.7. The van der Waals surface area contributed by atoms with Gasteiger partial charge in [0.2, 0.25) is 0 Å². The number of hydrogen-bond acceptors (Lipinski definition) is 2. The molecule has 1 saturated carbocycles. The van der Waals surface area contributed by atoms with Crippen molar-refractivity contribution >= 4 is 22.9 Å². The summed E-state index contributed by atoms with van der Waals surface area (Å²) in [7, 11) is 0. The second-order valence-electron chi connectivity index (χ2n) is 3.33. The molecule has 62 valence electrons. The Bertz CT molecular complexity index is 333. The fourth-order valence-electron chi connectivity index (χ4n) is 1.31. The van der Waals surface area contributed by atoms with Crippen molar-refractivity contribution in [1.29, 1.82) is 5.26 Å². The molecule has 0 bridgehead atoms. The maximum Gasteiger partial charge on any atom is 0.0931 e. The Balaban J connectivity index is 2.10. The van der Waals surface area contributed by atoms with Crippen LogP contribution in [0.25, 0.3) is 0 Å². The Morgan fingerprint density at radius 1 is 1.67 bits per heavy atom. The number of halogens is 1. The standard InChI is InChI=1S/C9H8ClNS/c10-8-3-7(5-12-8)4-9(6-11)1-2-9/h3,5H,1-2,4H2. The van der Waals surface area contributed by atoms with Crippen LogP contribution in [0.15, 0.2) is 11.4 Å². The Morgan fingerprint density at radius 3 is 2.83 bits per heavy atom. The summed E-state index contributed by atoms with van der Waals surface area (Å²) in [4.78, 5) is 0. The largest absolute Gasteiger partial charge is 0.198 e. The zero-order valence-corrected chi connectivity index (χ0v) is 8.08. The molecule has 1 aliphatic rings. The first kappa shape index (κ1) is 8.10. The molecule has 0 aromatic carbocycles. The van der Waals surface area contributed by atoms with E-state index in [1.165, 1.54) is 16.9 Å². The van der Waals surface area contributed by atoms with Gasteiger partial charge in [0, 0.05) is 0 Å². The monoisotopic (exact) mass is 197 g/mol. The van der Waals surface area contributed by atoms with Gasteiger partial charge in [-0.1, -0.05) is 11.6 Å². The van der Waals surface area contributed by atoms with E-state index < -0.39 is 0 Å². The van der Waals surface area contributed by atoms with E-state index in [0.717, 1.165) is 23.6 Å². The van der Waals surface area contributed by atoms with Gasteiger partial charge in [0.05, 0.1) is 15.8 Å².